The van der Waals surface area contributed by atoms with Crippen molar-refractivity contribution in [2.24, 2.45) is 0 Å². The van der Waals surface area contributed by atoms with E-state index in [1.165, 1.54) is 18.2 Å². The molecule has 1 amide bonds. The quantitative estimate of drug-likeness (QED) is 0.766. The molecule has 1 fully saturated rings. The van der Waals surface area contributed by atoms with E-state index in [0.717, 1.165) is 25.0 Å². The summed E-state index contributed by atoms with van der Waals surface area (Å²) >= 11 is 0. The maximum Gasteiger partial charge on any atom is 0.417 e. The molecule has 2 unspecified atom stereocenters. The van der Waals surface area contributed by atoms with Gasteiger partial charge >= 0.3 is 6.18 Å². The van der Waals surface area contributed by atoms with Crippen LogP contribution >= 0.6 is 0 Å². The van der Waals surface area contributed by atoms with Gasteiger partial charge in [0.05, 0.1) is 18.7 Å². The van der Waals surface area contributed by atoms with E-state index in [1.807, 2.05) is 0 Å². The number of rotatable bonds is 6. The highest BCUT2D eigenvalue weighted by atomic mass is 19.4. The van der Waals surface area contributed by atoms with E-state index < -0.39 is 30.5 Å². The summed E-state index contributed by atoms with van der Waals surface area (Å²) in [7, 11) is 1.49. The van der Waals surface area contributed by atoms with Crippen molar-refractivity contribution in [3.63, 3.8) is 0 Å². The molecule has 1 N–H and O–H groups in total. The van der Waals surface area contributed by atoms with Gasteiger partial charge in [-0.25, -0.2) is 4.98 Å². The van der Waals surface area contributed by atoms with Gasteiger partial charge in [-0.2, -0.15) is 13.2 Å². The van der Waals surface area contributed by atoms with Gasteiger partial charge in [0, 0.05) is 36.8 Å². The first-order valence-electron chi connectivity index (χ1n) is 9.42. The van der Waals surface area contributed by atoms with Gasteiger partial charge in [0.2, 0.25) is 5.88 Å². The van der Waals surface area contributed by atoms with Gasteiger partial charge in [-0.1, -0.05) is 0 Å². The minimum absolute atomic E-state index is 0.0839. The second-order valence-electron chi connectivity index (χ2n) is 6.88. The van der Waals surface area contributed by atoms with Crippen LogP contribution in [0.3, 0.4) is 0 Å². The van der Waals surface area contributed by atoms with Crippen LogP contribution in [0, 0.1) is 0 Å². The summed E-state index contributed by atoms with van der Waals surface area (Å²) in [6.07, 6.45) is 0.416. The van der Waals surface area contributed by atoms with Crippen LogP contribution in [-0.4, -0.2) is 52.2 Å². The fourth-order valence-electron chi connectivity index (χ4n) is 3.46. The van der Waals surface area contributed by atoms with E-state index in [0.29, 0.717) is 30.5 Å². The van der Waals surface area contributed by atoms with Crippen LogP contribution in [0.1, 0.15) is 36.5 Å². The number of alkyl halides is 3. The monoisotopic (exact) mass is 425 g/mol. The Hall–Kier alpha value is -2.88. The first-order valence-corrected chi connectivity index (χ1v) is 9.42. The predicted molar refractivity (Wildman–Crippen MR) is 99.8 cm³/mol. The molecule has 0 spiro atoms. The number of methoxy groups -OCH3 is 1. The summed E-state index contributed by atoms with van der Waals surface area (Å²) < 4.78 is 48.4. The fourth-order valence-corrected chi connectivity index (χ4v) is 3.46. The van der Waals surface area contributed by atoms with E-state index in [-0.39, 0.29) is 11.8 Å². The maximum absolute atomic E-state index is 12.7. The van der Waals surface area contributed by atoms with Crippen LogP contribution in [0.25, 0.3) is 0 Å². The number of carbonyl (C=O) groups excluding carboxylic acids is 1. The SMILES string of the molecule is COc1ccncc1C(O)C1CCCCN1C(=O)COc1ccc(C(F)(F)F)cn1. The number of aliphatic hydroxyl groups is 1. The van der Waals surface area contributed by atoms with Gasteiger partial charge in [0.25, 0.3) is 5.91 Å². The minimum Gasteiger partial charge on any atom is -0.496 e. The summed E-state index contributed by atoms with van der Waals surface area (Å²) in [4.78, 5) is 21.9. The van der Waals surface area contributed by atoms with E-state index in [2.05, 4.69) is 9.97 Å². The van der Waals surface area contributed by atoms with E-state index in [1.54, 1.807) is 12.3 Å². The lowest BCUT2D eigenvalue weighted by Gasteiger charge is -2.38. The van der Waals surface area contributed by atoms with Crippen molar-refractivity contribution >= 4 is 5.91 Å². The number of ether oxygens (including phenoxy) is 2. The molecule has 0 aromatic carbocycles. The van der Waals surface area contributed by atoms with Crippen molar-refractivity contribution in [1.82, 2.24) is 14.9 Å². The average molecular weight is 425 g/mol. The average Bonchev–Trinajstić information content (AvgIpc) is 2.76. The molecule has 10 heteroatoms. The van der Waals surface area contributed by atoms with Crippen molar-refractivity contribution in [3.8, 4) is 11.6 Å². The van der Waals surface area contributed by atoms with Crippen molar-refractivity contribution < 1.29 is 32.5 Å². The third-order valence-electron chi connectivity index (χ3n) is 4.99. The smallest absolute Gasteiger partial charge is 0.417 e. The molecule has 162 valence electrons. The number of nitrogens with zero attached hydrogens (tertiary/aromatic N) is 3. The summed E-state index contributed by atoms with van der Waals surface area (Å²) in [6, 6.07) is 3.05. The molecule has 0 bridgehead atoms. The molecule has 3 heterocycles. The van der Waals surface area contributed by atoms with Crippen molar-refractivity contribution in [2.45, 2.75) is 37.6 Å². The van der Waals surface area contributed by atoms with Crippen molar-refractivity contribution in [2.75, 3.05) is 20.3 Å². The van der Waals surface area contributed by atoms with Gasteiger partial charge in [0.1, 0.15) is 11.9 Å². The number of carbonyl (C=O) groups is 1. The minimum atomic E-state index is -4.49. The number of hydrogen-bond acceptors (Lipinski definition) is 6. The third-order valence-corrected chi connectivity index (χ3v) is 4.99. The van der Waals surface area contributed by atoms with Crippen LogP contribution in [0.2, 0.25) is 0 Å². The van der Waals surface area contributed by atoms with Crippen molar-refractivity contribution in [3.05, 3.63) is 47.9 Å². The lowest BCUT2D eigenvalue weighted by molar-refractivity contribution is -0.141. The molecule has 0 radical (unpaired) electrons. The highest BCUT2D eigenvalue weighted by molar-refractivity contribution is 5.78. The zero-order chi connectivity index (χ0) is 21.7. The van der Waals surface area contributed by atoms with Crippen molar-refractivity contribution in [1.29, 1.82) is 0 Å². The molecule has 1 aliphatic heterocycles. The fraction of sp³-hybridized carbons (Fsp3) is 0.450. The van der Waals surface area contributed by atoms with Gasteiger partial charge in [-0.15, -0.1) is 0 Å². The van der Waals surface area contributed by atoms with Gasteiger partial charge in [0.15, 0.2) is 6.61 Å². The lowest BCUT2D eigenvalue weighted by Crippen LogP contribution is -2.48. The zero-order valence-corrected chi connectivity index (χ0v) is 16.3. The number of amides is 1. The highest BCUT2D eigenvalue weighted by Crippen LogP contribution is 2.33. The molecule has 1 saturated heterocycles. The second kappa shape index (κ2) is 9.29. The van der Waals surface area contributed by atoms with Crippen LogP contribution in [0.15, 0.2) is 36.8 Å². The topological polar surface area (TPSA) is 84.8 Å². The molecule has 1 aliphatic rings. The van der Waals surface area contributed by atoms with E-state index in [9.17, 15) is 23.1 Å². The second-order valence-corrected chi connectivity index (χ2v) is 6.88. The summed E-state index contributed by atoms with van der Waals surface area (Å²) in [6.45, 7) is 0.0404. The molecule has 0 aliphatic carbocycles. The number of piperidine rings is 1. The Labute approximate surface area is 171 Å². The maximum atomic E-state index is 12.7. The Balaban J connectivity index is 1.67. The zero-order valence-electron chi connectivity index (χ0n) is 16.3. The molecular weight excluding hydrogens is 403 g/mol. The molecule has 2 aromatic rings. The van der Waals surface area contributed by atoms with Gasteiger partial charge < -0.3 is 19.5 Å². The molecular formula is C20H22F3N3O4. The first kappa shape index (κ1) is 21.8. The molecule has 3 rings (SSSR count). The number of likely N-dealkylation sites (tertiary alicyclic amines) is 1. The Kier molecular flexibility index (Phi) is 6.76. The van der Waals surface area contributed by atoms with E-state index in [4.69, 9.17) is 9.47 Å². The molecule has 0 saturated carbocycles. The Bertz CT molecular complexity index is 861. The Morgan fingerprint density at radius 2 is 2.10 bits per heavy atom. The van der Waals surface area contributed by atoms with Crippen LogP contribution in [-0.2, 0) is 11.0 Å². The standard InChI is InChI=1S/C20H22F3N3O4/c1-29-16-7-8-24-11-14(16)19(28)15-4-2-3-9-26(15)18(27)12-30-17-6-5-13(10-25-17)20(21,22)23/h5-8,10-11,15,19,28H,2-4,9,12H2,1H3. The lowest BCUT2D eigenvalue weighted by atomic mass is 9.93. The molecule has 2 aromatic heterocycles. The molecule has 7 nitrogen and oxygen atoms in total. The normalized spacial score (nSPS) is 18.0. The summed E-state index contributed by atoms with van der Waals surface area (Å²) in [5, 5.41) is 10.9. The van der Waals surface area contributed by atoms with Crippen LogP contribution in [0.4, 0.5) is 13.2 Å². The third kappa shape index (κ3) is 4.99. The predicted octanol–water partition coefficient (Wildman–Crippen LogP) is 3.00. The number of aromatic nitrogens is 2. The van der Waals surface area contributed by atoms with Crippen LogP contribution < -0.4 is 9.47 Å². The first-order chi connectivity index (χ1) is 14.3. The number of pyridine rings is 2. The number of hydrogen-bond donors (Lipinski definition) is 1. The van der Waals surface area contributed by atoms with Gasteiger partial charge in [-0.3, -0.25) is 9.78 Å². The van der Waals surface area contributed by atoms with Crippen LogP contribution in [0.5, 0.6) is 11.6 Å². The summed E-state index contributed by atoms with van der Waals surface area (Å²) in [5.41, 5.74) is -0.416. The molecule has 2 atom stereocenters. The number of aliphatic hydroxyl groups excluding tert-OH is 1. The summed E-state index contributed by atoms with van der Waals surface area (Å²) in [5.74, 6) is 0.00312. The number of halogens is 3. The van der Waals surface area contributed by atoms with E-state index >= 15 is 0 Å². The largest absolute Gasteiger partial charge is 0.496 e. The molecule has 30 heavy (non-hydrogen) atoms. The Morgan fingerprint density at radius 1 is 1.30 bits per heavy atom. The Morgan fingerprint density at radius 3 is 2.77 bits per heavy atom. The highest BCUT2D eigenvalue weighted by Gasteiger charge is 2.34. The van der Waals surface area contributed by atoms with Gasteiger partial charge in [-0.05, 0) is 31.4 Å².